The van der Waals surface area contributed by atoms with Crippen LogP contribution in [0.25, 0.3) is 10.9 Å². The summed E-state index contributed by atoms with van der Waals surface area (Å²) in [7, 11) is 0. The molecule has 0 radical (unpaired) electrons. The molecule has 0 spiro atoms. The molecule has 1 aromatic heterocycles. The lowest BCUT2D eigenvalue weighted by Gasteiger charge is -2.09. The molecule has 0 bridgehead atoms. The summed E-state index contributed by atoms with van der Waals surface area (Å²) in [5.41, 5.74) is 2.98. The van der Waals surface area contributed by atoms with Gasteiger partial charge in [0.05, 0.1) is 18.5 Å². The number of nitrogens with zero attached hydrogens (tertiary/aromatic N) is 1. The van der Waals surface area contributed by atoms with Crippen LogP contribution in [-0.4, -0.2) is 17.5 Å². The first-order valence-electron chi connectivity index (χ1n) is 8.07. The number of benzene rings is 2. The van der Waals surface area contributed by atoms with E-state index in [2.05, 4.69) is 10.3 Å². The third-order valence-electron chi connectivity index (χ3n) is 3.81. The maximum atomic E-state index is 12.2. The molecular weight excluding hydrogens is 300 g/mol. The van der Waals surface area contributed by atoms with Crippen LogP contribution >= 0.6 is 0 Å². The molecular formula is C20H20N2O2. The topological polar surface area (TPSA) is 51.2 Å². The second-order valence-corrected chi connectivity index (χ2v) is 5.52. The predicted molar refractivity (Wildman–Crippen MR) is 94.9 cm³/mol. The monoisotopic (exact) mass is 320 g/mol. The summed E-state index contributed by atoms with van der Waals surface area (Å²) in [6, 6.07) is 17.5. The Morgan fingerprint density at radius 2 is 1.88 bits per heavy atom. The van der Waals surface area contributed by atoms with Crippen LogP contribution in [0.3, 0.4) is 0 Å². The van der Waals surface area contributed by atoms with E-state index < -0.39 is 0 Å². The Labute approximate surface area is 141 Å². The lowest BCUT2D eigenvalue weighted by atomic mass is 10.1. The highest BCUT2D eigenvalue weighted by Gasteiger charge is 2.06. The van der Waals surface area contributed by atoms with Crippen molar-refractivity contribution in [3.8, 4) is 5.75 Å². The second kappa shape index (κ2) is 7.59. The molecule has 0 atom stereocenters. The van der Waals surface area contributed by atoms with Crippen LogP contribution in [0.1, 0.15) is 18.1 Å². The maximum Gasteiger partial charge on any atom is 0.224 e. The highest BCUT2D eigenvalue weighted by atomic mass is 16.5. The number of amides is 1. The lowest BCUT2D eigenvalue weighted by Crippen LogP contribution is -2.24. The van der Waals surface area contributed by atoms with Gasteiger partial charge in [0.1, 0.15) is 5.75 Å². The van der Waals surface area contributed by atoms with Crippen molar-refractivity contribution in [2.45, 2.75) is 19.9 Å². The van der Waals surface area contributed by atoms with Gasteiger partial charge in [0, 0.05) is 18.1 Å². The van der Waals surface area contributed by atoms with E-state index in [1.54, 1.807) is 6.20 Å². The minimum absolute atomic E-state index is 0.0000493. The number of rotatable bonds is 6. The third kappa shape index (κ3) is 3.90. The second-order valence-electron chi connectivity index (χ2n) is 5.52. The average Bonchev–Trinajstić information content (AvgIpc) is 2.62. The summed E-state index contributed by atoms with van der Waals surface area (Å²) in [6.45, 7) is 3.09. The fourth-order valence-electron chi connectivity index (χ4n) is 2.62. The van der Waals surface area contributed by atoms with Gasteiger partial charge in [0.25, 0.3) is 0 Å². The zero-order valence-electron chi connectivity index (χ0n) is 13.7. The molecule has 0 saturated carbocycles. The molecule has 4 heteroatoms. The summed E-state index contributed by atoms with van der Waals surface area (Å²) in [6.07, 6.45) is 2.13. The Morgan fingerprint density at radius 1 is 1.08 bits per heavy atom. The smallest absolute Gasteiger partial charge is 0.224 e. The van der Waals surface area contributed by atoms with Crippen molar-refractivity contribution >= 4 is 16.8 Å². The highest BCUT2D eigenvalue weighted by Crippen LogP contribution is 2.16. The first kappa shape index (κ1) is 16.0. The first-order chi connectivity index (χ1) is 11.8. The highest BCUT2D eigenvalue weighted by molar-refractivity contribution is 5.83. The molecule has 122 valence electrons. The largest absolute Gasteiger partial charge is 0.494 e. The van der Waals surface area contributed by atoms with Gasteiger partial charge in [0.2, 0.25) is 5.91 Å². The molecule has 0 aliphatic heterocycles. The minimum Gasteiger partial charge on any atom is -0.494 e. The Kier molecular flexibility index (Phi) is 5.06. The van der Waals surface area contributed by atoms with Crippen LogP contribution < -0.4 is 10.1 Å². The molecule has 1 heterocycles. The van der Waals surface area contributed by atoms with Gasteiger partial charge in [-0.3, -0.25) is 9.78 Å². The molecule has 1 N–H and O–H groups in total. The first-order valence-corrected chi connectivity index (χ1v) is 8.07. The van der Waals surface area contributed by atoms with Crippen LogP contribution in [0.5, 0.6) is 5.75 Å². The zero-order chi connectivity index (χ0) is 16.8. The normalized spacial score (nSPS) is 10.5. The molecule has 4 nitrogen and oxygen atoms in total. The summed E-state index contributed by atoms with van der Waals surface area (Å²) in [5, 5.41) is 4.05. The van der Waals surface area contributed by atoms with Crippen molar-refractivity contribution in [2.24, 2.45) is 0 Å². The van der Waals surface area contributed by atoms with Gasteiger partial charge in [-0.1, -0.05) is 30.3 Å². The van der Waals surface area contributed by atoms with E-state index in [1.807, 2.05) is 61.5 Å². The van der Waals surface area contributed by atoms with Gasteiger partial charge in [-0.05, 0) is 42.3 Å². The van der Waals surface area contributed by atoms with Crippen molar-refractivity contribution in [1.82, 2.24) is 10.3 Å². The Balaban J connectivity index is 1.60. The lowest BCUT2D eigenvalue weighted by molar-refractivity contribution is -0.120. The number of carbonyl (C=O) groups is 1. The van der Waals surface area contributed by atoms with Gasteiger partial charge in [-0.25, -0.2) is 0 Å². The molecule has 1 amide bonds. The van der Waals surface area contributed by atoms with E-state index in [-0.39, 0.29) is 5.91 Å². The molecule has 0 fully saturated rings. The number of fused-ring (bicyclic) bond motifs is 1. The fraction of sp³-hybridized carbons (Fsp3) is 0.200. The van der Waals surface area contributed by atoms with Crippen molar-refractivity contribution in [1.29, 1.82) is 0 Å². The molecule has 0 aliphatic rings. The Morgan fingerprint density at radius 3 is 2.67 bits per heavy atom. The number of ether oxygens (including phenoxy) is 1. The average molecular weight is 320 g/mol. The van der Waals surface area contributed by atoms with E-state index in [4.69, 9.17) is 4.74 Å². The summed E-state index contributed by atoms with van der Waals surface area (Å²) >= 11 is 0. The molecule has 24 heavy (non-hydrogen) atoms. The van der Waals surface area contributed by atoms with Crippen LogP contribution in [0, 0.1) is 0 Å². The number of aromatic nitrogens is 1. The number of hydrogen-bond acceptors (Lipinski definition) is 3. The number of para-hydroxylation sites is 1. The SMILES string of the molecule is CCOc1ccc(CC(=O)NCc2ccnc3ccccc23)cc1. The fourth-order valence-corrected chi connectivity index (χ4v) is 2.62. The molecule has 0 unspecified atom stereocenters. The maximum absolute atomic E-state index is 12.2. The van der Waals surface area contributed by atoms with Gasteiger partial charge in [0.15, 0.2) is 0 Å². The van der Waals surface area contributed by atoms with E-state index in [9.17, 15) is 4.79 Å². The standard InChI is InChI=1S/C20H20N2O2/c1-2-24-17-9-7-15(8-10-17)13-20(23)22-14-16-11-12-21-19-6-4-3-5-18(16)19/h3-12H,2,13-14H2,1H3,(H,22,23). The van der Waals surface area contributed by atoms with E-state index in [0.717, 1.165) is 27.8 Å². The van der Waals surface area contributed by atoms with Crippen LogP contribution in [0.4, 0.5) is 0 Å². The minimum atomic E-state index is 0.0000493. The van der Waals surface area contributed by atoms with Crippen molar-refractivity contribution in [2.75, 3.05) is 6.61 Å². The van der Waals surface area contributed by atoms with Gasteiger partial charge >= 0.3 is 0 Å². The quantitative estimate of drug-likeness (QED) is 0.756. The number of nitrogens with one attached hydrogen (secondary N) is 1. The number of hydrogen-bond donors (Lipinski definition) is 1. The van der Waals surface area contributed by atoms with Crippen LogP contribution in [0.2, 0.25) is 0 Å². The van der Waals surface area contributed by atoms with E-state index in [0.29, 0.717) is 19.6 Å². The molecule has 2 aromatic carbocycles. The summed E-state index contributed by atoms with van der Waals surface area (Å²) in [4.78, 5) is 16.5. The van der Waals surface area contributed by atoms with Crippen LogP contribution in [0.15, 0.2) is 60.8 Å². The third-order valence-corrected chi connectivity index (χ3v) is 3.81. The molecule has 0 saturated heterocycles. The van der Waals surface area contributed by atoms with Gasteiger partial charge in [-0.15, -0.1) is 0 Å². The van der Waals surface area contributed by atoms with Gasteiger partial charge < -0.3 is 10.1 Å². The number of pyridine rings is 1. The summed E-state index contributed by atoms with van der Waals surface area (Å²) in [5.74, 6) is 0.824. The van der Waals surface area contributed by atoms with Crippen molar-refractivity contribution in [3.63, 3.8) is 0 Å². The molecule has 0 aliphatic carbocycles. The van der Waals surface area contributed by atoms with Gasteiger partial charge in [-0.2, -0.15) is 0 Å². The van der Waals surface area contributed by atoms with E-state index in [1.165, 1.54) is 0 Å². The van der Waals surface area contributed by atoms with E-state index >= 15 is 0 Å². The molecule has 3 aromatic rings. The predicted octanol–water partition coefficient (Wildman–Crippen LogP) is 3.49. The summed E-state index contributed by atoms with van der Waals surface area (Å²) < 4.78 is 5.41. The zero-order valence-corrected chi connectivity index (χ0v) is 13.7. The van der Waals surface area contributed by atoms with Crippen LogP contribution in [-0.2, 0) is 17.8 Å². The van der Waals surface area contributed by atoms with Crippen molar-refractivity contribution < 1.29 is 9.53 Å². The number of carbonyl (C=O) groups excluding carboxylic acids is 1. The Hall–Kier alpha value is -2.88. The Bertz CT molecular complexity index is 823. The molecule has 3 rings (SSSR count). The van der Waals surface area contributed by atoms with Crippen molar-refractivity contribution in [3.05, 3.63) is 71.9 Å².